The first kappa shape index (κ1) is 9.44. The van der Waals surface area contributed by atoms with Crippen molar-refractivity contribution in [1.29, 1.82) is 0 Å². The lowest BCUT2D eigenvalue weighted by molar-refractivity contribution is 0.111. The molecule has 1 aromatic rings. The van der Waals surface area contributed by atoms with Crippen molar-refractivity contribution in [3.63, 3.8) is 0 Å². The topological polar surface area (TPSA) is 34.9 Å². The Bertz CT molecular complexity index is 300. The normalized spacial score (nSPS) is 18.3. The zero-order valence-corrected chi connectivity index (χ0v) is 8.35. The van der Waals surface area contributed by atoms with Gasteiger partial charge in [-0.3, -0.25) is 9.48 Å². The highest BCUT2D eigenvalue weighted by atomic mass is 16.1. The van der Waals surface area contributed by atoms with E-state index in [9.17, 15) is 4.79 Å². The average molecular weight is 192 g/mol. The molecule has 1 aliphatic carbocycles. The minimum absolute atomic E-state index is 0.542. The van der Waals surface area contributed by atoms with Gasteiger partial charge in [0.25, 0.3) is 0 Å². The summed E-state index contributed by atoms with van der Waals surface area (Å²) in [6.07, 6.45) is 9.43. The number of hydrogen-bond donors (Lipinski definition) is 0. The van der Waals surface area contributed by atoms with Gasteiger partial charge >= 0.3 is 0 Å². The molecule has 0 atom stereocenters. The van der Waals surface area contributed by atoms with Gasteiger partial charge in [-0.05, 0) is 24.8 Å². The zero-order chi connectivity index (χ0) is 9.80. The van der Waals surface area contributed by atoms with Crippen LogP contribution in [0.3, 0.4) is 0 Å². The van der Waals surface area contributed by atoms with Crippen molar-refractivity contribution in [2.24, 2.45) is 5.92 Å². The van der Waals surface area contributed by atoms with Crippen molar-refractivity contribution in [2.45, 2.75) is 38.6 Å². The van der Waals surface area contributed by atoms with E-state index in [4.69, 9.17) is 0 Å². The lowest BCUT2D eigenvalue weighted by Gasteiger charge is -2.21. The molecule has 3 heteroatoms. The lowest BCUT2D eigenvalue weighted by atomic mass is 9.89. The highest BCUT2D eigenvalue weighted by Crippen LogP contribution is 2.24. The fourth-order valence-corrected chi connectivity index (χ4v) is 2.18. The summed E-state index contributed by atoms with van der Waals surface area (Å²) in [5.41, 5.74) is 0.542. The number of carbonyl (C=O) groups is 1. The third-order valence-electron chi connectivity index (χ3n) is 2.95. The molecule has 1 heterocycles. The molecule has 14 heavy (non-hydrogen) atoms. The van der Waals surface area contributed by atoms with Crippen LogP contribution in [0.25, 0.3) is 0 Å². The maximum absolute atomic E-state index is 10.4. The fourth-order valence-electron chi connectivity index (χ4n) is 2.18. The molecule has 0 bridgehead atoms. The Kier molecular flexibility index (Phi) is 2.96. The highest BCUT2D eigenvalue weighted by molar-refractivity contribution is 5.71. The first-order chi connectivity index (χ1) is 6.88. The van der Waals surface area contributed by atoms with Gasteiger partial charge in [-0.2, -0.15) is 5.10 Å². The van der Waals surface area contributed by atoms with Gasteiger partial charge in [-0.15, -0.1) is 0 Å². The molecular weight excluding hydrogens is 176 g/mol. The van der Waals surface area contributed by atoms with E-state index in [0.717, 1.165) is 18.7 Å². The summed E-state index contributed by atoms with van der Waals surface area (Å²) in [5.74, 6) is 0.767. The summed E-state index contributed by atoms with van der Waals surface area (Å²) in [4.78, 5) is 10.4. The maximum atomic E-state index is 10.4. The van der Waals surface area contributed by atoms with Crippen LogP contribution in [0.4, 0.5) is 0 Å². The Balaban J connectivity index is 1.92. The van der Waals surface area contributed by atoms with Crippen LogP contribution < -0.4 is 0 Å². The minimum atomic E-state index is 0.542. The van der Waals surface area contributed by atoms with Crippen molar-refractivity contribution < 1.29 is 4.79 Å². The molecule has 3 nitrogen and oxygen atoms in total. The van der Waals surface area contributed by atoms with Gasteiger partial charge in [-0.25, -0.2) is 0 Å². The monoisotopic (exact) mass is 192 g/mol. The predicted octanol–water partition coefficient (Wildman–Crippen LogP) is 2.28. The van der Waals surface area contributed by atoms with Gasteiger partial charge in [0.15, 0.2) is 6.29 Å². The lowest BCUT2D eigenvalue weighted by Crippen LogP contribution is -2.14. The Morgan fingerprint density at radius 1 is 1.43 bits per heavy atom. The first-order valence-electron chi connectivity index (χ1n) is 5.37. The molecular formula is C11H16N2O. The molecule has 1 saturated carbocycles. The quantitative estimate of drug-likeness (QED) is 0.688. The van der Waals surface area contributed by atoms with E-state index in [1.54, 1.807) is 6.07 Å². The second-order valence-corrected chi connectivity index (χ2v) is 4.08. The Hall–Kier alpha value is -1.12. The zero-order valence-electron chi connectivity index (χ0n) is 8.35. The standard InChI is InChI=1S/C11H16N2O/c14-9-11-6-7-13(12-11)8-10-4-2-1-3-5-10/h6-7,9-10H,1-5,8H2. The molecule has 0 unspecified atom stereocenters. The molecule has 1 aromatic heterocycles. The second-order valence-electron chi connectivity index (χ2n) is 4.08. The SMILES string of the molecule is O=Cc1ccn(CC2CCCCC2)n1. The van der Waals surface area contributed by atoms with Gasteiger partial charge in [0.1, 0.15) is 5.69 Å². The summed E-state index contributed by atoms with van der Waals surface area (Å²) < 4.78 is 1.90. The molecule has 0 saturated heterocycles. The van der Waals surface area contributed by atoms with Crippen LogP contribution in [0.1, 0.15) is 42.6 Å². The summed E-state index contributed by atoms with van der Waals surface area (Å²) in [6.45, 7) is 0.980. The van der Waals surface area contributed by atoms with Crippen molar-refractivity contribution in [1.82, 2.24) is 9.78 Å². The van der Waals surface area contributed by atoms with Crippen LogP contribution in [-0.2, 0) is 6.54 Å². The molecule has 76 valence electrons. The van der Waals surface area contributed by atoms with Crippen molar-refractivity contribution in [3.05, 3.63) is 18.0 Å². The van der Waals surface area contributed by atoms with Crippen LogP contribution >= 0.6 is 0 Å². The van der Waals surface area contributed by atoms with E-state index < -0.39 is 0 Å². The average Bonchev–Trinajstić information content (AvgIpc) is 2.67. The third-order valence-corrected chi connectivity index (χ3v) is 2.95. The number of rotatable bonds is 3. The van der Waals surface area contributed by atoms with E-state index in [2.05, 4.69) is 5.10 Å². The molecule has 2 rings (SSSR count). The van der Waals surface area contributed by atoms with Gasteiger partial charge in [0, 0.05) is 12.7 Å². The second kappa shape index (κ2) is 4.40. The summed E-state index contributed by atoms with van der Waals surface area (Å²) in [6, 6.07) is 1.77. The van der Waals surface area contributed by atoms with Gasteiger partial charge in [0.2, 0.25) is 0 Å². The molecule has 0 N–H and O–H groups in total. The van der Waals surface area contributed by atoms with E-state index in [1.807, 2.05) is 10.9 Å². The molecule has 0 amide bonds. The van der Waals surface area contributed by atoms with Crippen LogP contribution in [-0.4, -0.2) is 16.1 Å². The van der Waals surface area contributed by atoms with Crippen molar-refractivity contribution >= 4 is 6.29 Å². The summed E-state index contributed by atoms with van der Waals surface area (Å²) in [5, 5.41) is 4.17. The van der Waals surface area contributed by atoms with E-state index in [1.165, 1.54) is 32.1 Å². The largest absolute Gasteiger partial charge is 0.296 e. The van der Waals surface area contributed by atoms with Gasteiger partial charge < -0.3 is 0 Å². The molecule has 0 radical (unpaired) electrons. The Morgan fingerprint density at radius 3 is 2.86 bits per heavy atom. The van der Waals surface area contributed by atoms with Crippen molar-refractivity contribution in [2.75, 3.05) is 0 Å². The van der Waals surface area contributed by atoms with Crippen LogP contribution in [0.2, 0.25) is 0 Å². The molecule has 0 aromatic carbocycles. The predicted molar refractivity (Wildman–Crippen MR) is 54.2 cm³/mol. The van der Waals surface area contributed by atoms with E-state index in [-0.39, 0.29) is 0 Å². The van der Waals surface area contributed by atoms with Crippen LogP contribution in [0, 0.1) is 5.92 Å². The van der Waals surface area contributed by atoms with Crippen LogP contribution in [0.5, 0.6) is 0 Å². The third kappa shape index (κ3) is 2.22. The first-order valence-corrected chi connectivity index (χ1v) is 5.37. The molecule has 0 spiro atoms. The van der Waals surface area contributed by atoms with Crippen molar-refractivity contribution in [3.8, 4) is 0 Å². The number of carbonyl (C=O) groups excluding carboxylic acids is 1. The Morgan fingerprint density at radius 2 is 2.21 bits per heavy atom. The number of aldehydes is 1. The number of nitrogens with zero attached hydrogens (tertiary/aromatic N) is 2. The summed E-state index contributed by atoms with van der Waals surface area (Å²) >= 11 is 0. The fraction of sp³-hybridized carbons (Fsp3) is 0.636. The maximum Gasteiger partial charge on any atom is 0.170 e. The number of hydrogen-bond acceptors (Lipinski definition) is 2. The van der Waals surface area contributed by atoms with Gasteiger partial charge in [-0.1, -0.05) is 19.3 Å². The highest BCUT2D eigenvalue weighted by Gasteiger charge is 2.14. The molecule has 0 aliphatic heterocycles. The number of aromatic nitrogens is 2. The minimum Gasteiger partial charge on any atom is -0.296 e. The smallest absolute Gasteiger partial charge is 0.170 e. The van der Waals surface area contributed by atoms with E-state index in [0.29, 0.717) is 5.69 Å². The van der Waals surface area contributed by atoms with E-state index >= 15 is 0 Å². The Labute approximate surface area is 84.1 Å². The van der Waals surface area contributed by atoms with Crippen LogP contribution in [0.15, 0.2) is 12.3 Å². The summed E-state index contributed by atoms with van der Waals surface area (Å²) in [7, 11) is 0. The molecule has 1 aliphatic rings. The van der Waals surface area contributed by atoms with Gasteiger partial charge in [0.05, 0.1) is 0 Å². The molecule has 1 fully saturated rings.